The van der Waals surface area contributed by atoms with Gasteiger partial charge in [0.25, 0.3) is 11.8 Å². The SMILES string of the molecule is CCCCOc1ccccc1C(=O)Nc1cccc2c(NC(=O)c3ccccc3OCCCC)cccc12. The van der Waals surface area contributed by atoms with Crippen LogP contribution in [0, 0.1) is 0 Å². The van der Waals surface area contributed by atoms with Crippen LogP contribution < -0.4 is 20.1 Å². The van der Waals surface area contributed by atoms with Crippen LogP contribution in [0.15, 0.2) is 84.9 Å². The second-order valence-corrected chi connectivity index (χ2v) is 9.01. The summed E-state index contributed by atoms with van der Waals surface area (Å²) >= 11 is 0. The minimum atomic E-state index is -0.253. The summed E-state index contributed by atoms with van der Waals surface area (Å²) in [6.07, 6.45) is 3.87. The molecule has 0 unspecified atom stereocenters. The summed E-state index contributed by atoms with van der Waals surface area (Å²) in [4.78, 5) is 26.5. The van der Waals surface area contributed by atoms with Crippen molar-refractivity contribution >= 4 is 34.0 Å². The van der Waals surface area contributed by atoms with E-state index in [0.29, 0.717) is 47.2 Å². The number of anilines is 2. The summed E-state index contributed by atoms with van der Waals surface area (Å²) in [6, 6.07) is 25.8. The Morgan fingerprint density at radius 1 is 0.579 bits per heavy atom. The fourth-order valence-corrected chi connectivity index (χ4v) is 4.12. The van der Waals surface area contributed by atoms with Gasteiger partial charge in [-0.1, -0.05) is 75.2 Å². The van der Waals surface area contributed by atoms with Crippen molar-refractivity contribution in [3.63, 3.8) is 0 Å². The summed E-state index contributed by atoms with van der Waals surface area (Å²) in [5.41, 5.74) is 2.25. The van der Waals surface area contributed by atoms with Crippen LogP contribution in [0.3, 0.4) is 0 Å². The molecule has 0 fully saturated rings. The average molecular weight is 511 g/mol. The largest absolute Gasteiger partial charge is 0.493 e. The molecule has 0 atom stereocenters. The lowest BCUT2D eigenvalue weighted by atomic mass is 10.1. The van der Waals surface area contributed by atoms with Crippen LogP contribution in [0.2, 0.25) is 0 Å². The van der Waals surface area contributed by atoms with Crippen LogP contribution in [0.1, 0.15) is 60.2 Å². The molecule has 0 aliphatic heterocycles. The summed E-state index contributed by atoms with van der Waals surface area (Å²) in [5, 5.41) is 7.69. The van der Waals surface area contributed by atoms with Crippen LogP contribution in [0.4, 0.5) is 11.4 Å². The van der Waals surface area contributed by atoms with Crippen LogP contribution in [-0.2, 0) is 0 Å². The lowest BCUT2D eigenvalue weighted by molar-refractivity contribution is 0.101. The highest BCUT2D eigenvalue weighted by Gasteiger charge is 2.16. The molecule has 6 nitrogen and oxygen atoms in total. The highest BCUT2D eigenvalue weighted by molar-refractivity contribution is 6.15. The number of ether oxygens (including phenoxy) is 2. The quantitative estimate of drug-likeness (QED) is 0.191. The van der Waals surface area contributed by atoms with Crippen molar-refractivity contribution in [2.45, 2.75) is 39.5 Å². The molecule has 0 aromatic heterocycles. The van der Waals surface area contributed by atoms with E-state index < -0.39 is 0 Å². The van der Waals surface area contributed by atoms with Crippen LogP contribution in [0.25, 0.3) is 10.8 Å². The highest BCUT2D eigenvalue weighted by Crippen LogP contribution is 2.31. The fraction of sp³-hybridized carbons (Fsp3) is 0.250. The standard InChI is InChI=1S/C32H34N2O4/c1-3-5-21-37-29-19-9-7-13-25(29)31(35)33-27-17-11-16-24-23(27)15-12-18-28(24)34-32(36)26-14-8-10-20-30(26)38-22-6-4-2/h7-20H,3-6,21-22H2,1-2H3,(H,33,35)(H,34,36). The van der Waals surface area contributed by atoms with Crippen LogP contribution in [0.5, 0.6) is 11.5 Å². The Kier molecular flexibility index (Phi) is 9.35. The number of amides is 2. The Morgan fingerprint density at radius 3 is 1.42 bits per heavy atom. The minimum absolute atomic E-state index is 0.253. The zero-order valence-electron chi connectivity index (χ0n) is 22.0. The number of rotatable bonds is 12. The third-order valence-electron chi connectivity index (χ3n) is 6.19. The molecule has 0 saturated heterocycles. The first kappa shape index (κ1) is 26.7. The first-order valence-corrected chi connectivity index (χ1v) is 13.2. The van der Waals surface area contributed by atoms with E-state index in [1.165, 1.54) is 0 Å². The molecule has 4 aromatic rings. The van der Waals surface area contributed by atoms with Gasteiger partial charge < -0.3 is 20.1 Å². The number of hydrogen-bond donors (Lipinski definition) is 2. The normalized spacial score (nSPS) is 10.7. The second-order valence-electron chi connectivity index (χ2n) is 9.01. The molecular weight excluding hydrogens is 476 g/mol. The summed E-state index contributed by atoms with van der Waals surface area (Å²) in [7, 11) is 0. The molecule has 38 heavy (non-hydrogen) atoms. The topological polar surface area (TPSA) is 76.7 Å². The van der Waals surface area contributed by atoms with E-state index in [-0.39, 0.29) is 11.8 Å². The third kappa shape index (κ3) is 6.51. The zero-order valence-corrected chi connectivity index (χ0v) is 22.0. The van der Waals surface area contributed by atoms with Crippen LogP contribution >= 0.6 is 0 Å². The Morgan fingerprint density at radius 2 is 1.00 bits per heavy atom. The van der Waals surface area contributed by atoms with E-state index in [9.17, 15) is 9.59 Å². The van der Waals surface area contributed by atoms with Gasteiger partial charge in [-0.2, -0.15) is 0 Å². The van der Waals surface area contributed by atoms with Crippen molar-refractivity contribution in [2.75, 3.05) is 23.8 Å². The maximum Gasteiger partial charge on any atom is 0.259 e. The molecule has 0 saturated carbocycles. The van der Waals surface area contributed by atoms with Crippen molar-refractivity contribution in [2.24, 2.45) is 0 Å². The highest BCUT2D eigenvalue weighted by atomic mass is 16.5. The number of fused-ring (bicyclic) bond motifs is 1. The fourth-order valence-electron chi connectivity index (χ4n) is 4.12. The molecule has 2 N–H and O–H groups in total. The van der Waals surface area contributed by atoms with Gasteiger partial charge in [-0.3, -0.25) is 9.59 Å². The number of para-hydroxylation sites is 2. The Labute approximate surface area is 224 Å². The predicted octanol–water partition coefficient (Wildman–Crippen LogP) is 7.70. The van der Waals surface area contributed by atoms with Crippen molar-refractivity contribution in [1.29, 1.82) is 0 Å². The van der Waals surface area contributed by atoms with Gasteiger partial charge in [0.15, 0.2) is 0 Å². The molecule has 4 aromatic carbocycles. The van der Waals surface area contributed by atoms with Gasteiger partial charge in [-0.05, 0) is 49.2 Å². The minimum Gasteiger partial charge on any atom is -0.493 e. The van der Waals surface area contributed by atoms with E-state index in [2.05, 4.69) is 24.5 Å². The number of carbonyl (C=O) groups is 2. The number of carbonyl (C=O) groups excluding carboxylic acids is 2. The smallest absolute Gasteiger partial charge is 0.259 e. The van der Waals surface area contributed by atoms with E-state index in [0.717, 1.165) is 36.5 Å². The molecule has 0 radical (unpaired) electrons. The molecule has 0 aliphatic carbocycles. The maximum atomic E-state index is 13.2. The van der Waals surface area contributed by atoms with E-state index in [1.807, 2.05) is 72.8 Å². The van der Waals surface area contributed by atoms with Gasteiger partial charge >= 0.3 is 0 Å². The van der Waals surface area contributed by atoms with Gasteiger partial charge in [-0.25, -0.2) is 0 Å². The van der Waals surface area contributed by atoms with Gasteiger partial charge in [-0.15, -0.1) is 0 Å². The zero-order chi connectivity index (χ0) is 26.7. The molecule has 196 valence electrons. The molecule has 0 spiro atoms. The number of unbranched alkanes of at least 4 members (excludes halogenated alkanes) is 2. The van der Waals surface area contributed by atoms with E-state index in [4.69, 9.17) is 9.47 Å². The summed E-state index contributed by atoms with van der Waals surface area (Å²) in [6.45, 7) is 5.31. The van der Waals surface area contributed by atoms with E-state index in [1.54, 1.807) is 12.1 Å². The van der Waals surface area contributed by atoms with Crippen molar-refractivity contribution in [3.8, 4) is 11.5 Å². The lowest BCUT2D eigenvalue weighted by Crippen LogP contribution is -2.15. The average Bonchev–Trinajstić information content (AvgIpc) is 2.94. The van der Waals surface area contributed by atoms with Crippen molar-refractivity contribution in [3.05, 3.63) is 96.1 Å². The maximum absolute atomic E-state index is 13.2. The Balaban J connectivity index is 1.56. The number of nitrogens with one attached hydrogen (secondary N) is 2. The Hall–Kier alpha value is -4.32. The molecule has 0 bridgehead atoms. The predicted molar refractivity (Wildman–Crippen MR) is 154 cm³/mol. The molecule has 2 amide bonds. The summed E-state index contributed by atoms with van der Waals surface area (Å²) < 4.78 is 11.7. The van der Waals surface area contributed by atoms with Crippen LogP contribution in [-0.4, -0.2) is 25.0 Å². The molecular formula is C32H34N2O4. The second kappa shape index (κ2) is 13.3. The molecule has 0 aliphatic rings. The Bertz CT molecular complexity index is 1290. The lowest BCUT2D eigenvalue weighted by Gasteiger charge is -2.15. The summed E-state index contributed by atoms with van der Waals surface area (Å²) in [5.74, 6) is 0.618. The molecule has 4 rings (SSSR count). The van der Waals surface area contributed by atoms with Crippen molar-refractivity contribution in [1.82, 2.24) is 0 Å². The monoisotopic (exact) mass is 510 g/mol. The van der Waals surface area contributed by atoms with E-state index >= 15 is 0 Å². The van der Waals surface area contributed by atoms with Gasteiger partial charge in [0.2, 0.25) is 0 Å². The van der Waals surface area contributed by atoms with Gasteiger partial charge in [0.1, 0.15) is 11.5 Å². The number of benzene rings is 4. The third-order valence-corrected chi connectivity index (χ3v) is 6.19. The number of hydrogen-bond acceptors (Lipinski definition) is 4. The first-order chi connectivity index (χ1) is 18.6. The van der Waals surface area contributed by atoms with Crippen molar-refractivity contribution < 1.29 is 19.1 Å². The van der Waals surface area contributed by atoms with Gasteiger partial charge in [0, 0.05) is 22.1 Å². The first-order valence-electron chi connectivity index (χ1n) is 13.2. The molecule has 6 heteroatoms. The molecule has 0 heterocycles. The van der Waals surface area contributed by atoms with Gasteiger partial charge in [0.05, 0.1) is 24.3 Å².